The highest BCUT2D eigenvalue weighted by atomic mass is 127. The molecule has 1 aliphatic rings. The van der Waals surface area contributed by atoms with Crippen LogP contribution in [0, 0.1) is 9.49 Å². The third-order valence-electron chi connectivity index (χ3n) is 3.00. The first-order chi connectivity index (χ1) is 8.17. The van der Waals surface area contributed by atoms with Crippen LogP contribution < -0.4 is 0 Å². The molecule has 2 rings (SSSR count). The van der Waals surface area contributed by atoms with Gasteiger partial charge in [-0.15, -0.1) is 0 Å². The van der Waals surface area contributed by atoms with Crippen LogP contribution >= 0.6 is 22.6 Å². The molecule has 1 fully saturated rings. The van der Waals surface area contributed by atoms with Crippen molar-refractivity contribution < 1.29 is 9.53 Å². The molecule has 94 valence electrons. The van der Waals surface area contributed by atoms with E-state index in [9.17, 15) is 4.79 Å². The number of hydrogen-bond donors (Lipinski definition) is 0. The van der Waals surface area contributed by atoms with Crippen molar-refractivity contribution in [3.05, 3.63) is 16.0 Å². The lowest BCUT2D eigenvalue weighted by Gasteiger charge is -2.14. The lowest BCUT2D eigenvalue weighted by Crippen LogP contribution is -2.29. The van der Waals surface area contributed by atoms with Crippen LogP contribution in [-0.2, 0) is 16.1 Å². The molecule has 0 bridgehead atoms. The van der Waals surface area contributed by atoms with Crippen molar-refractivity contribution in [3.63, 3.8) is 0 Å². The van der Waals surface area contributed by atoms with Crippen molar-refractivity contribution in [1.82, 2.24) is 14.7 Å². The minimum Gasteiger partial charge on any atom is -0.468 e. The Morgan fingerprint density at radius 1 is 1.71 bits per heavy atom. The smallest absolute Gasteiger partial charge is 0.319 e. The number of esters is 1. The summed E-state index contributed by atoms with van der Waals surface area (Å²) in [5.74, 6) is 0.426. The predicted octanol–water partition coefficient (Wildman–Crippen LogP) is 0.983. The van der Waals surface area contributed by atoms with Gasteiger partial charge in [0.2, 0.25) is 0 Å². The Kier molecular flexibility index (Phi) is 4.38. The molecule has 1 aromatic heterocycles. The van der Waals surface area contributed by atoms with Gasteiger partial charge in [0.15, 0.2) is 0 Å². The Balaban J connectivity index is 1.80. The summed E-state index contributed by atoms with van der Waals surface area (Å²) in [5.41, 5.74) is 0. The Morgan fingerprint density at radius 3 is 3.18 bits per heavy atom. The quantitative estimate of drug-likeness (QED) is 0.601. The molecule has 1 atom stereocenters. The van der Waals surface area contributed by atoms with Gasteiger partial charge >= 0.3 is 5.97 Å². The van der Waals surface area contributed by atoms with Gasteiger partial charge in [-0.2, -0.15) is 5.10 Å². The normalized spacial score (nSPS) is 20.7. The maximum atomic E-state index is 11.2. The number of rotatable bonds is 4. The second kappa shape index (κ2) is 5.81. The monoisotopic (exact) mass is 349 g/mol. The Morgan fingerprint density at radius 2 is 2.53 bits per heavy atom. The average Bonchev–Trinajstić information content (AvgIpc) is 2.89. The van der Waals surface area contributed by atoms with Crippen LogP contribution in [-0.4, -0.2) is 47.4 Å². The second-order valence-corrected chi connectivity index (χ2v) is 5.59. The predicted molar refractivity (Wildman–Crippen MR) is 71.5 cm³/mol. The van der Waals surface area contributed by atoms with Gasteiger partial charge in [0.25, 0.3) is 0 Å². The van der Waals surface area contributed by atoms with Gasteiger partial charge in [-0.1, -0.05) is 0 Å². The molecule has 0 amide bonds. The van der Waals surface area contributed by atoms with E-state index in [1.165, 1.54) is 7.11 Å². The van der Waals surface area contributed by atoms with E-state index in [1.807, 2.05) is 17.1 Å². The highest BCUT2D eigenvalue weighted by Gasteiger charge is 2.24. The number of likely N-dealkylation sites (tertiary alicyclic amines) is 1. The van der Waals surface area contributed by atoms with E-state index in [0.29, 0.717) is 12.5 Å². The van der Waals surface area contributed by atoms with Gasteiger partial charge in [-0.3, -0.25) is 14.4 Å². The molecule has 1 saturated heterocycles. The number of carbonyl (C=O) groups excluding carboxylic acids is 1. The van der Waals surface area contributed by atoms with Crippen LogP contribution in [0.1, 0.15) is 6.42 Å². The van der Waals surface area contributed by atoms with E-state index < -0.39 is 0 Å². The SMILES string of the molecule is COC(=O)CN1CCC(Cn2cc(I)cn2)C1. The van der Waals surface area contributed by atoms with Crippen LogP contribution in [0.25, 0.3) is 0 Å². The third-order valence-corrected chi connectivity index (χ3v) is 3.55. The topological polar surface area (TPSA) is 47.4 Å². The molecule has 17 heavy (non-hydrogen) atoms. The molecular formula is C11H16IN3O2. The van der Waals surface area contributed by atoms with Crippen molar-refractivity contribution in [2.75, 3.05) is 26.7 Å². The molecule has 0 N–H and O–H groups in total. The third kappa shape index (κ3) is 3.67. The highest BCUT2D eigenvalue weighted by molar-refractivity contribution is 14.1. The summed E-state index contributed by atoms with van der Waals surface area (Å²) in [4.78, 5) is 13.3. The van der Waals surface area contributed by atoms with E-state index in [1.54, 1.807) is 0 Å². The number of ether oxygens (including phenoxy) is 1. The minimum atomic E-state index is -0.153. The largest absolute Gasteiger partial charge is 0.468 e. The number of carbonyl (C=O) groups is 1. The van der Waals surface area contributed by atoms with Gasteiger partial charge in [-0.25, -0.2) is 0 Å². The first-order valence-electron chi connectivity index (χ1n) is 5.64. The molecule has 0 aromatic carbocycles. The molecule has 0 aliphatic carbocycles. The first-order valence-corrected chi connectivity index (χ1v) is 6.72. The minimum absolute atomic E-state index is 0.153. The Bertz CT molecular complexity index is 394. The zero-order valence-electron chi connectivity index (χ0n) is 9.80. The number of hydrogen-bond acceptors (Lipinski definition) is 4. The summed E-state index contributed by atoms with van der Waals surface area (Å²) in [6.07, 6.45) is 5.03. The fraction of sp³-hybridized carbons (Fsp3) is 0.636. The Labute approximate surface area is 114 Å². The summed E-state index contributed by atoms with van der Waals surface area (Å²) in [5, 5.41) is 4.28. The lowest BCUT2D eigenvalue weighted by atomic mass is 10.1. The van der Waals surface area contributed by atoms with E-state index in [4.69, 9.17) is 0 Å². The van der Waals surface area contributed by atoms with E-state index in [-0.39, 0.29) is 5.97 Å². The van der Waals surface area contributed by atoms with Gasteiger partial charge in [0.05, 0.1) is 23.4 Å². The molecule has 0 spiro atoms. The van der Waals surface area contributed by atoms with Crippen molar-refractivity contribution in [2.24, 2.45) is 5.92 Å². The van der Waals surface area contributed by atoms with E-state index >= 15 is 0 Å². The van der Waals surface area contributed by atoms with Crippen molar-refractivity contribution in [2.45, 2.75) is 13.0 Å². The fourth-order valence-corrected chi connectivity index (χ4v) is 2.60. The standard InChI is InChI=1S/C11H16IN3O2/c1-17-11(16)8-14-3-2-9(5-14)6-15-7-10(12)4-13-15/h4,7,9H,2-3,5-6,8H2,1H3. The number of halogens is 1. The molecular weight excluding hydrogens is 333 g/mol. The van der Waals surface area contributed by atoms with Crippen LogP contribution in [0.2, 0.25) is 0 Å². The molecule has 1 unspecified atom stereocenters. The zero-order valence-corrected chi connectivity index (χ0v) is 12.0. The van der Waals surface area contributed by atoms with Crippen molar-refractivity contribution in [3.8, 4) is 0 Å². The maximum Gasteiger partial charge on any atom is 0.319 e. The van der Waals surface area contributed by atoms with Crippen molar-refractivity contribution in [1.29, 1.82) is 0 Å². The van der Waals surface area contributed by atoms with Crippen LogP contribution in [0.3, 0.4) is 0 Å². The van der Waals surface area contributed by atoms with Gasteiger partial charge < -0.3 is 4.74 Å². The number of methoxy groups -OCH3 is 1. The van der Waals surface area contributed by atoms with E-state index in [2.05, 4.69) is 37.3 Å². The molecule has 5 nitrogen and oxygen atoms in total. The highest BCUT2D eigenvalue weighted by Crippen LogP contribution is 2.18. The van der Waals surface area contributed by atoms with Crippen LogP contribution in [0.4, 0.5) is 0 Å². The molecule has 0 saturated carbocycles. The summed E-state index contributed by atoms with van der Waals surface area (Å²) in [7, 11) is 1.43. The zero-order chi connectivity index (χ0) is 12.3. The average molecular weight is 349 g/mol. The van der Waals surface area contributed by atoms with Crippen LogP contribution in [0.15, 0.2) is 12.4 Å². The fourth-order valence-electron chi connectivity index (χ4n) is 2.16. The summed E-state index contributed by atoms with van der Waals surface area (Å²) >= 11 is 2.26. The molecule has 0 radical (unpaired) electrons. The summed E-state index contributed by atoms with van der Waals surface area (Å²) in [6, 6.07) is 0. The number of aromatic nitrogens is 2. The second-order valence-electron chi connectivity index (χ2n) is 4.35. The molecule has 6 heteroatoms. The van der Waals surface area contributed by atoms with Crippen molar-refractivity contribution >= 4 is 28.6 Å². The van der Waals surface area contributed by atoms with Crippen LogP contribution in [0.5, 0.6) is 0 Å². The summed E-state index contributed by atoms with van der Waals surface area (Å²) < 4.78 is 7.81. The summed E-state index contributed by atoms with van der Waals surface area (Å²) in [6.45, 7) is 3.26. The van der Waals surface area contributed by atoms with Gasteiger partial charge in [0, 0.05) is 19.3 Å². The lowest BCUT2D eigenvalue weighted by molar-refractivity contribution is -0.141. The maximum absolute atomic E-state index is 11.2. The molecule has 1 aliphatic heterocycles. The molecule has 1 aromatic rings. The van der Waals surface area contributed by atoms with Gasteiger partial charge in [-0.05, 0) is 41.5 Å². The first kappa shape index (κ1) is 12.8. The molecule has 2 heterocycles. The Hall–Kier alpha value is -0.630. The van der Waals surface area contributed by atoms with E-state index in [0.717, 1.165) is 29.6 Å². The van der Waals surface area contributed by atoms with Gasteiger partial charge in [0.1, 0.15) is 0 Å². The number of nitrogens with zero attached hydrogens (tertiary/aromatic N) is 3.